The standard InChI is InChI=1S/C15H13F3N2O/c1-9-8-12(6-7-13(9)19)20-14(21)10-2-4-11(5-3-10)15(16,17)18/h2-8H,19H2,1H3,(H,20,21). The highest BCUT2D eigenvalue weighted by atomic mass is 19.4. The van der Waals surface area contributed by atoms with Crippen LogP contribution in [-0.4, -0.2) is 5.91 Å². The molecular weight excluding hydrogens is 281 g/mol. The molecule has 2 aromatic carbocycles. The predicted molar refractivity (Wildman–Crippen MR) is 75.0 cm³/mol. The van der Waals surface area contributed by atoms with E-state index < -0.39 is 17.6 Å². The van der Waals surface area contributed by atoms with Gasteiger partial charge >= 0.3 is 6.18 Å². The monoisotopic (exact) mass is 294 g/mol. The second-order valence-electron chi connectivity index (χ2n) is 4.60. The van der Waals surface area contributed by atoms with Gasteiger partial charge in [0.1, 0.15) is 0 Å². The molecule has 0 bridgehead atoms. The Morgan fingerprint density at radius 3 is 2.24 bits per heavy atom. The zero-order chi connectivity index (χ0) is 15.6. The first-order chi connectivity index (χ1) is 9.77. The molecule has 3 N–H and O–H groups in total. The second kappa shape index (κ2) is 5.47. The van der Waals surface area contributed by atoms with Gasteiger partial charge in [-0.05, 0) is 55.0 Å². The number of amides is 1. The van der Waals surface area contributed by atoms with Crippen molar-refractivity contribution in [3.63, 3.8) is 0 Å². The number of benzene rings is 2. The molecule has 2 rings (SSSR count). The van der Waals surface area contributed by atoms with Gasteiger partial charge < -0.3 is 11.1 Å². The number of hydrogen-bond acceptors (Lipinski definition) is 2. The van der Waals surface area contributed by atoms with Crippen LogP contribution in [-0.2, 0) is 6.18 Å². The number of halogens is 3. The molecule has 0 spiro atoms. The third-order valence-electron chi connectivity index (χ3n) is 3.00. The highest BCUT2D eigenvalue weighted by molar-refractivity contribution is 6.04. The molecule has 3 nitrogen and oxygen atoms in total. The van der Waals surface area contributed by atoms with Crippen molar-refractivity contribution in [1.82, 2.24) is 0 Å². The molecule has 1 amide bonds. The largest absolute Gasteiger partial charge is 0.416 e. The summed E-state index contributed by atoms with van der Waals surface area (Å²) in [6.45, 7) is 1.79. The number of aryl methyl sites for hydroxylation is 1. The number of rotatable bonds is 2. The summed E-state index contributed by atoms with van der Waals surface area (Å²) in [5.74, 6) is -0.479. The SMILES string of the molecule is Cc1cc(NC(=O)c2ccc(C(F)(F)F)cc2)ccc1N. The molecular formula is C15H13F3N2O. The summed E-state index contributed by atoms with van der Waals surface area (Å²) < 4.78 is 37.3. The molecule has 6 heteroatoms. The van der Waals surface area contributed by atoms with Crippen LogP contribution in [0.3, 0.4) is 0 Å². The molecule has 0 fully saturated rings. The van der Waals surface area contributed by atoms with E-state index in [1.165, 1.54) is 0 Å². The molecule has 0 atom stereocenters. The van der Waals surface area contributed by atoms with Gasteiger partial charge in [0, 0.05) is 16.9 Å². The van der Waals surface area contributed by atoms with Gasteiger partial charge in [-0.15, -0.1) is 0 Å². The number of hydrogen-bond donors (Lipinski definition) is 2. The lowest BCUT2D eigenvalue weighted by Gasteiger charge is -2.09. The van der Waals surface area contributed by atoms with Crippen molar-refractivity contribution < 1.29 is 18.0 Å². The first kappa shape index (κ1) is 14.9. The number of nitrogen functional groups attached to an aromatic ring is 1. The Morgan fingerprint density at radius 2 is 1.71 bits per heavy atom. The topological polar surface area (TPSA) is 55.1 Å². The van der Waals surface area contributed by atoms with E-state index in [9.17, 15) is 18.0 Å². The fraction of sp³-hybridized carbons (Fsp3) is 0.133. The molecule has 0 unspecified atom stereocenters. The van der Waals surface area contributed by atoms with E-state index in [0.717, 1.165) is 29.8 Å². The predicted octanol–water partition coefficient (Wildman–Crippen LogP) is 3.85. The maximum Gasteiger partial charge on any atom is 0.416 e. The third-order valence-corrected chi connectivity index (χ3v) is 3.00. The summed E-state index contributed by atoms with van der Waals surface area (Å²) in [5.41, 5.74) is 6.97. The van der Waals surface area contributed by atoms with Gasteiger partial charge in [0.05, 0.1) is 5.56 Å². The number of anilines is 2. The van der Waals surface area contributed by atoms with Crippen molar-refractivity contribution in [2.24, 2.45) is 0 Å². The van der Waals surface area contributed by atoms with E-state index in [2.05, 4.69) is 5.32 Å². The molecule has 0 aliphatic carbocycles. The fourth-order valence-electron chi connectivity index (χ4n) is 1.77. The van der Waals surface area contributed by atoms with Gasteiger partial charge in [-0.25, -0.2) is 0 Å². The van der Waals surface area contributed by atoms with Crippen LogP contribution < -0.4 is 11.1 Å². The molecule has 110 valence electrons. The van der Waals surface area contributed by atoms with E-state index in [4.69, 9.17) is 5.73 Å². The molecule has 0 heterocycles. The molecule has 21 heavy (non-hydrogen) atoms. The highest BCUT2D eigenvalue weighted by Gasteiger charge is 2.30. The van der Waals surface area contributed by atoms with Crippen LogP contribution in [0.5, 0.6) is 0 Å². The van der Waals surface area contributed by atoms with Crippen molar-refractivity contribution in [2.45, 2.75) is 13.1 Å². The Kier molecular flexibility index (Phi) is 3.88. The summed E-state index contributed by atoms with van der Waals surface area (Å²) in [6, 6.07) is 9.01. The van der Waals surface area contributed by atoms with Gasteiger partial charge in [-0.3, -0.25) is 4.79 Å². The minimum absolute atomic E-state index is 0.150. The lowest BCUT2D eigenvalue weighted by atomic mass is 10.1. The van der Waals surface area contributed by atoms with Crippen LogP contribution in [0.2, 0.25) is 0 Å². The van der Waals surface area contributed by atoms with Gasteiger partial charge in [0.25, 0.3) is 5.91 Å². The average molecular weight is 294 g/mol. The van der Waals surface area contributed by atoms with Crippen molar-refractivity contribution in [2.75, 3.05) is 11.1 Å². The quantitative estimate of drug-likeness (QED) is 0.827. The molecule has 0 saturated carbocycles. The first-order valence-electron chi connectivity index (χ1n) is 6.12. The van der Waals surface area contributed by atoms with E-state index in [0.29, 0.717) is 11.4 Å². The number of nitrogens with two attached hydrogens (primary N) is 1. The zero-order valence-electron chi connectivity index (χ0n) is 11.2. The van der Waals surface area contributed by atoms with Gasteiger partial charge in [-0.1, -0.05) is 0 Å². The Hall–Kier alpha value is -2.50. The van der Waals surface area contributed by atoms with Gasteiger partial charge in [0.2, 0.25) is 0 Å². The van der Waals surface area contributed by atoms with Crippen molar-refractivity contribution in [3.8, 4) is 0 Å². The van der Waals surface area contributed by atoms with Crippen molar-refractivity contribution >= 4 is 17.3 Å². The summed E-state index contributed by atoms with van der Waals surface area (Å²) in [6.07, 6.45) is -4.41. The molecule has 0 radical (unpaired) electrons. The van der Waals surface area contributed by atoms with Crippen LogP contribution in [0.25, 0.3) is 0 Å². The van der Waals surface area contributed by atoms with Crippen molar-refractivity contribution in [1.29, 1.82) is 0 Å². The summed E-state index contributed by atoms with van der Waals surface area (Å²) in [4.78, 5) is 11.9. The zero-order valence-corrected chi connectivity index (χ0v) is 11.2. The molecule has 0 aromatic heterocycles. The number of nitrogens with one attached hydrogen (secondary N) is 1. The normalized spacial score (nSPS) is 11.2. The number of alkyl halides is 3. The molecule has 2 aromatic rings. The van der Waals surface area contributed by atoms with Crippen LogP contribution in [0.4, 0.5) is 24.5 Å². The van der Waals surface area contributed by atoms with Gasteiger partial charge in [-0.2, -0.15) is 13.2 Å². The van der Waals surface area contributed by atoms with E-state index in [-0.39, 0.29) is 5.56 Å². The Labute approximate surface area is 119 Å². The maximum atomic E-state index is 12.4. The lowest BCUT2D eigenvalue weighted by Crippen LogP contribution is -2.13. The highest BCUT2D eigenvalue weighted by Crippen LogP contribution is 2.29. The smallest absolute Gasteiger partial charge is 0.399 e. The van der Waals surface area contributed by atoms with Crippen molar-refractivity contribution in [3.05, 3.63) is 59.2 Å². The van der Waals surface area contributed by atoms with E-state index in [1.807, 2.05) is 0 Å². The summed E-state index contributed by atoms with van der Waals surface area (Å²) >= 11 is 0. The molecule has 0 aliphatic heterocycles. The van der Waals surface area contributed by atoms with Crippen LogP contribution in [0.1, 0.15) is 21.5 Å². The Morgan fingerprint density at radius 1 is 1.10 bits per heavy atom. The maximum absolute atomic E-state index is 12.4. The minimum atomic E-state index is -4.41. The first-order valence-corrected chi connectivity index (χ1v) is 6.12. The Bertz CT molecular complexity index is 664. The lowest BCUT2D eigenvalue weighted by molar-refractivity contribution is -0.137. The second-order valence-corrected chi connectivity index (χ2v) is 4.60. The number of carbonyl (C=O) groups excluding carboxylic acids is 1. The van der Waals surface area contributed by atoms with Crippen LogP contribution in [0, 0.1) is 6.92 Å². The third kappa shape index (κ3) is 3.53. The summed E-state index contributed by atoms with van der Waals surface area (Å²) in [5, 5.41) is 2.61. The fourth-order valence-corrected chi connectivity index (χ4v) is 1.77. The minimum Gasteiger partial charge on any atom is -0.399 e. The number of carbonyl (C=O) groups is 1. The molecule has 0 saturated heterocycles. The van der Waals surface area contributed by atoms with E-state index >= 15 is 0 Å². The van der Waals surface area contributed by atoms with Gasteiger partial charge in [0.15, 0.2) is 0 Å². The van der Waals surface area contributed by atoms with Crippen LogP contribution >= 0.6 is 0 Å². The van der Waals surface area contributed by atoms with E-state index in [1.54, 1.807) is 25.1 Å². The molecule has 0 aliphatic rings. The average Bonchev–Trinajstić information content (AvgIpc) is 2.42. The summed E-state index contributed by atoms with van der Waals surface area (Å²) in [7, 11) is 0. The van der Waals surface area contributed by atoms with Crippen LogP contribution in [0.15, 0.2) is 42.5 Å². The Balaban J connectivity index is 2.15.